The van der Waals surface area contributed by atoms with Gasteiger partial charge in [0.25, 0.3) is 0 Å². The van der Waals surface area contributed by atoms with Crippen molar-refractivity contribution in [2.45, 2.75) is 77.2 Å². The van der Waals surface area contributed by atoms with Gasteiger partial charge in [-0.3, -0.25) is 0 Å². The van der Waals surface area contributed by atoms with E-state index in [4.69, 9.17) is 4.74 Å². The van der Waals surface area contributed by atoms with Crippen molar-refractivity contribution in [2.75, 3.05) is 19.8 Å². The van der Waals surface area contributed by atoms with Crippen LogP contribution in [0, 0.1) is 46.3 Å². The van der Waals surface area contributed by atoms with Crippen LogP contribution >= 0.6 is 0 Å². The largest absolute Gasteiger partial charge is 0.396 e. The molecule has 26 heavy (non-hydrogen) atoms. The van der Waals surface area contributed by atoms with Crippen molar-refractivity contribution in [1.29, 1.82) is 0 Å². The molecule has 4 aliphatic carbocycles. The zero-order valence-electron chi connectivity index (χ0n) is 16.8. The number of rotatable bonds is 2. The summed E-state index contributed by atoms with van der Waals surface area (Å²) in [6, 6.07) is 0. The molecule has 3 nitrogen and oxygen atoms in total. The maximum atomic E-state index is 10.6. The van der Waals surface area contributed by atoms with Gasteiger partial charge in [-0.2, -0.15) is 0 Å². The standard InChI is InChI=1S/C23H38O3/c1-21(25)9-7-16-15(11-21)3-4-18-17(16)8-10-22(2)19(18)5-6-20(22)23(12-24)13-26-14-23/h15-20,24-25H,3-14H2,1-2H3/t15?,16-,17+,18+,19-,20-,21+,22-/m0/s1. The minimum absolute atomic E-state index is 0.0665. The van der Waals surface area contributed by atoms with Crippen molar-refractivity contribution in [3.8, 4) is 0 Å². The first-order chi connectivity index (χ1) is 12.4. The Balaban J connectivity index is 1.37. The molecule has 0 spiro atoms. The van der Waals surface area contributed by atoms with Crippen LogP contribution in [0.15, 0.2) is 0 Å². The monoisotopic (exact) mass is 362 g/mol. The third kappa shape index (κ3) is 2.42. The van der Waals surface area contributed by atoms with Crippen LogP contribution in [0.5, 0.6) is 0 Å². The van der Waals surface area contributed by atoms with E-state index in [0.29, 0.717) is 17.9 Å². The third-order valence-electron chi connectivity index (χ3n) is 10.1. The molecular weight excluding hydrogens is 324 g/mol. The lowest BCUT2D eigenvalue weighted by atomic mass is 9.47. The van der Waals surface area contributed by atoms with Crippen LogP contribution in [0.2, 0.25) is 0 Å². The fraction of sp³-hybridized carbons (Fsp3) is 1.00. The molecule has 0 radical (unpaired) electrons. The van der Waals surface area contributed by atoms with Crippen LogP contribution in [0.3, 0.4) is 0 Å². The fourth-order valence-electron chi connectivity index (χ4n) is 8.85. The molecule has 5 rings (SSSR count). The second kappa shape index (κ2) is 5.94. The highest BCUT2D eigenvalue weighted by atomic mass is 16.5. The molecule has 8 atom stereocenters. The Kier molecular flexibility index (Phi) is 4.10. The Morgan fingerprint density at radius 3 is 2.35 bits per heavy atom. The van der Waals surface area contributed by atoms with Gasteiger partial charge in [0.1, 0.15) is 0 Å². The van der Waals surface area contributed by atoms with Gasteiger partial charge >= 0.3 is 0 Å². The lowest BCUT2D eigenvalue weighted by molar-refractivity contribution is -0.199. The van der Waals surface area contributed by atoms with E-state index in [2.05, 4.69) is 13.8 Å². The molecule has 1 saturated heterocycles. The van der Waals surface area contributed by atoms with Gasteiger partial charge in [0, 0.05) is 5.41 Å². The molecular formula is C23H38O3. The quantitative estimate of drug-likeness (QED) is 0.780. The summed E-state index contributed by atoms with van der Waals surface area (Å²) in [6.07, 6.45) is 11.4. The maximum Gasteiger partial charge on any atom is 0.0622 e. The van der Waals surface area contributed by atoms with Crippen LogP contribution in [0.1, 0.15) is 71.6 Å². The third-order valence-corrected chi connectivity index (χ3v) is 10.1. The lowest BCUT2D eigenvalue weighted by Crippen LogP contribution is -2.57. The molecule has 0 aromatic heterocycles. The minimum Gasteiger partial charge on any atom is -0.396 e. The van der Waals surface area contributed by atoms with Gasteiger partial charge in [-0.05, 0) is 106 Å². The molecule has 5 fully saturated rings. The summed E-state index contributed by atoms with van der Waals surface area (Å²) in [5.74, 6) is 4.97. The van der Waals surface area contributed by atoms with E-state index in [1.807, 2.05) is 0 Å². The van der Waals surface area contributed by atoms with Crippen molar-refractivity contribution in [2.24, 2.45) is 46.3 Å². The molecule has 1 aliphatic heterocycles. The molecule has 0 amide bonds. The van der Waals surface area contributed by atoms with Crippen molar-refractivity contribution >= 4 is 0 Å². The SMILES string of the molecule is C[C@@]1(O)CC[C@H]2C(CC[C@@H]3[C@@H]2CC[C@]2(C)[C@@H](C4(CO)COC4)CC[C@@H]32)C1. The molecule has 4 saturated carbocycles. The summed E-state index contributed by atoms with van der Waals surface area (Å²) >= 11 is 0. The highest BCUT2D eigenvalue weighted by molar-refractivity contribution is 5.11. The highest BCUT2D eigenvalue weighted by Crippen LogP contribution is 2.67. The van der Waals surface area contributed by atoms with Crippen LogP contribution < -0.4 is 0 Å². The number of ether oxygens (including phenoxy) is 1. The lowest BCUT2D eigenvalue weighted by Gasteiger charge is -2.59. The number of fused-ring (bicyclic) bond motifs is 5. The zero-order chi connectivity index (χ0) is 18.2. The van der Waals surface area contributed by atoms with Crippen LogP contribution in [-0.4, -0.2) is 35.6 Å². The van der Waals surface area contributed by atoms with Crippen molar-refractivity contribution < 1.29 is 14.9 Å². The predicted molar refractivity (Wildman–Crippen MR) is 102 cm³/mol. The van der Waals surface area contributed by atoms with E-state index < -0.39 is 5.60 Å². The van der Waals surface area contributed by atoms with Gasteiger partial charge in [0.2, 0.25) is 0 Å². The van der Waals surface area contributed by atoms with Crippen LogP contribution in [0.25, 0.3) is 0 Å². The molecule has 1 unspecified atom stereocenters. The molecule has 0 bridgehead atoms. The maximum absolute atomic E-state index is 10.6. The van der Waals surface area contributed by atoms with Crippen molar-refractivity contribution in [3.63, 3.8) is 0 Å². The first-order valence-electron chi connectivity index (χ1n) is 11.3. The highest BCUT2D eigenvalue weighted by Gasteiger charge is 2.62. The number of aliphatic hydroxyl groups is 2. The number of aliphatic hydroxyl groups excluding tert-OH is 1. The molecule has 3 heteroatoms. The van der Waals surface area contributed by atoms with Crippen molar-refractivity contribution in [3.05, 3.63) is 0 Å². The Labute approximate surface area is 158 Å². The topological polar surface area (TPSA) is 49.7 Å². The first-order valence-corrected chi connectivity index (χ1v) is 11.3. The summed E-state index contributed by atoms with van der Waals surface area (Å²) in [5.41, 5.74) is 0.0745. The van der Waals surface area contributed by atoms with E-state index >= 15 is 0 Å². The predicted octanol–water partition coefficient (Wildman–Crippen LogP) is 4.02. The summed E-state index contributed by atoms with van der Waals surface area (Å²) in [5, 5.41) is 20.7. The Hall–Kier alpha value is -0.120. The van der Waals surface area contributed by atoms with Gasteiger partial charge in [0.15, 0.2) is 0 Å². The summed E-state index contributed by atoms with van der Waals surface area (Å²) in [6.45, 7) is 6.51. The van der Waals surface area contributed by atoms with Gasteiger partial charge in [0.05, 0.1) is 25.4 Å². The molecule has 0 aromatic rings. The summed E-state index contributed by atoms with van der Waals surface area (Å²) in [4.78, 5) is 0. The first kappa shape index (κ1) is 17.9. The van der Waals surface area contributed by atoms with Crippen molar-refractivity contribution in [1.82, 2.24) is 0 Å². The minimum atomic E-state index is -0.409. The van der Waals surface area contributed by atoms with Gasteiger partial charge < -0.3 is 14.9 Å². The Morgan fingerprint density at radius 2 is 1.65 bits per heavy atom. The fourth-order valence-corrected chi connectivity index (χ4v) is 8.85. The Morgan fingerprint density at radius 1 is 0.885 bits per heavy atom. The second-order valence-electron chi connectivity index (χ2n) is 11.4. The average molecular weight is 363 g/mol. The smallest absolute Gasteiger partial charge is 0.0622 e. The normalized spacial score (nSPS) is 55.4. The molecule has 1 heterocycles. The van der Waals surface area contributed by atoms with E-state index in [1.54, 1.807) is 0 Å². The van der Waals surface area contributed by atoms with Gasteiger partial charge in [-0.15, -0.1) is 0 Å². The van der Waals surface area contributed by atoms with Gasteiger partial charge in [-0.1, -0.05) is 6.92 Å². The van der Waals surface area contributed by atoms with E-state index in [1.165, 1.54) is 44.9 Å². The molecule has 0 aromatic carbocycles. The molecule has 5 aliphatic rings. The summed E-state index contributed by atoms with van der Waals surface area (Å²) in [7, 11) is 0. The van der Waals surface area contributed by atoms with Crippen LogP contribution in [0.4, 0.5) is 0 Å². The average Bonchev–Trinajstić information content (AvgIpc) is 2.91. The zero-order valence-corrected chi connectivity index (χ0v) is 16.8. The molecule has 2 N–H and O–H groups in total. The van der Waals surface area contributed by atoms with Gasteiger partial charge in [-0.25, -0.2) is 0 Å². The molecule has 148 valence electrons. The number of hydrogen-bond donors (Lipinski definition) is 2. The van der Waals surface area contributed by atoms with E-state index in [9.17, 15) is 10.2 Å². The number of hydrogen-bond acceptors (Lipinski definition) is 3. The van der Waals surface area contributed by atoms with E-state index in [-0.39, 0.29) is 5.41 Å². The Bertz CT molecular complexity index is 548. The van der Waals surface area contributed by atoms with Crippen LogP contribution in [-0.2, 0) is 4.74 Å². The summed E-state index contributed by atoms with van der Waals surface area (Å²) < 4.78 is 5.58. The second-order valence-corrected chi connectivity index (χ2v) is 11.4. The van der Waals surface area contributed by atoms with E-state index in [0.717, 1.165) is 55.6 Å².